The van der Waals surface area contributed by atoms with E-state index in [0.717, 1.165) is 21.5 Å². The van der Waals surface area contributed by atoms with Crippen molar-refractivity contribution in [3.05, 3.63) is 44.6 Å². The molecule has 0 aliphatic carbocycles. The fraction of sp³-hybridized carbons (Fsp3) is 0.167. The second-order valence-electron chi connectivity index (χ2n) is 3.94. The maximum atomic E-state index is 13.2. The Morgan fingerprint density at radius 3 is 2.56 bits per heavy atom. The van der Waals surface area contributed by atoms with Gasteiger partial charge in [0.05, 0.1) is 15.2 Å². The zero-order chi connectivity index (χ0) is 13.3. The van der Waals surface area contributed by atoms with Gasteiger partial charge in [0.2, 0.25) is 0 Å². The van der Waals surface area contributed by atoms with Gasteiger partial charge in [-0.15, -0.1) is 11.3 Å². The standard InChI is InChI=1S/C12H11BrF2N2S/c1-17(5-7-2-12(13)18-6-7)11-4-9(15)8(14)3-10(11)16/h2-4,6H,5,16H2,1H3. The van der Waals surface area contributed by atoms with Crippen molar-refractivity contribution in [2.75, 3.05) is 17.7 Å². The molecule has 2 nitrogen and oxygen atoms in total. The Kier molecular flexibility index (Phi) is 3.87. The molecule has 0 radical (unpaired) electrons. The molecular weight excluding hydrogens is 322 g/mol. The molecule has 0 unspecified atom stereocenters. The number of thiophene rings is 1. The second-order valence-corrected chi connectivity index (χ2v) is 6.23. The van der Waals surface area contributed by atoms with E-state index in [0.29, 0.717) is 12.2 Å². The molecule has 0 saturated carbocycles. The Balaban J connectivity index is 2.23. The van der Waals surface area contributed by atoms with Crippen LogP contribution in [0.25, 0.3) is 0 Å². The van der Waals surface area contributed by atoms with Gasteiger partial charge in [0, 0.05) is 25.7 Å². The van der Waals surface area contributed by atoms with Gasteiger partial charge >= 0.3 is 0 Å². The number of halogens is 3. The lowest BCUT2D eigenvalue weighted by molar-refractivity contribution is 0.509. The van der Waals surface area contributed by atoms with Crippen LogP contribution < -0.4 is 10.6 Å². The zero-order valence-corrected chi connectivity index (χ0v) is 12.0. The number of hydrogen-bond donors (Lipinski definition) is 1. The monoisotopic (exact) mass is 332 g/mol. The van der Waals surface area contributed by atoms with Gasteiger partial charge < -0.3 is 10.6 Å². The van der Waals surface area contributed by atoms with Crippen LogP contribution in [-0.4, -0.2) is 7.05 Å². The summed E-state index contributed by atoms with van der Waals surface area (Å²) in [7, 11) is 1.79. The van der Waals surface area contributed by atoms with Gasteiger partial charge in [-0.2, -0.15) is 0 Å². The Labute approximate surface area is 116 Å². The summed E-state index contributed by atoms with van der Waals surface area (Å²) in [5, 5.41) is 2.00. The van der Waals surface area contributed by atoms with Crippen molar-refractivity contribution in [3.8, 4) is 0 Å². The number of hydrogen-bond acceptors (Lipinski definition) is 3. The Hall–Kier alpha value is -1.14. The molecule has 1 aromatic carbocycles. The third-order valence-corrected chi connectivity index (χ3v) is 4.08. The summed E-state index contributed by atoms with van der Waals surface area (Å²) in [6, 6.07) is 4.11. The van der Waals surface area contributed by atoms with Gasteiger partial charge in [0.15, 0.2) is 11.6 Å². The highest BCUT2D eigenvalue weighted by Gasteiger charge is 2.12. The molecule has 2 aromatic rings. The van der Waals surface area contributed by atoms with E-state index in [2.05, 4.69) is 15.9 Å². The van der Waals surface area contributed by atoms with Crippen LogP contribution in [0.2, 0.25) is 0 Å². The lowest BCUT2D eigenvalue weighted by Crippen LogP contribution is -2.18. The highest BCUT2D eigenvalue weighted by Crippen LogP contribution is 2.28. The smallest absolute Gasteiger partial charge is 0.161 e. The Morgan fingerprint density at radius 2 is 1.94 bits per heavy atom. The first-order valence-electron chi connectivity index (χ1n) is 5.16. The molecule has 18 heavy (non-hydrogen) atoms. The van der Waals surface area contributed by atoms with E-state index >= 15 is 0 Å². The molecule has 0 amide bonds. The summed E-state index contributed by atoms with van der Waals surface area (Å²) in [5.74, 6) is -1.82. The van der Waals surface area contributed by atoms with Crippen LogP contribution in [0.15, 0.2) is 27.4 Å². The van der Waals surface area contributed by atoms with Gasteiger partial charge in [0.1, 0.15) is 0 Å². The molecule has 6 heteroatoms. The van der Waals surface area contributed by atoms with Crippen LogP contribution in [0.3, 0.4) is 0 Å². The van der Waals surface area contributed by atoms with E-state index in [-0.39, 0.29) is 5.69 Å². The van der Waals surface area contributed by atoms with Crippen molar-refractivity contribution in [1.82, 2.24) is 0 Å². The quantitative estimate of drug-likeness (QED) is 0.860. The lowest BCUT2D eigenvalue weighted by Gasteiger charge is -2.20. The molecule has 2 N–H and O–H groups in total. The zero-order valence-electron chi connectivity index (χ0n) is 9.58. The summed E-state index contributed by atoms with van der Waals surface area (Å²) in [6.07, 6.45) is 0. The molecule has 0 saturated heterocycles. The van der Waals surface area contributed by atoms with Crippen molar-refractivity contribution in [3.63, 3.8) is 0 Å². The summed E-state index contributed by atoms with van der Waals surface area (Å²) in [4.78, 5) is 1.78. The molecule has 0 aliphatic rings. The van der Waals surface area contributed by atoms with Crippen LogP contribution >= 0.6 is 27.3 Å². The Bertz CT molecular complexity index is 571. The molecule has 0 bridgehead atoms. The van der Waals surface area contributed by atoms with Gasteiger partial charge in [-0.25, -0.2) is 8.78 Å². The summed E-state index contributed by atoms with van der Waals surface area (Å²) >= 11 is 4.96. The fourth-order valence-electron chi connectivity index (χ4n) is 1.67. The molecular formula is C12H11BrF2N2S. The van der Waals surface area contributed by atoms with Crippen molar-refractivity contribution >= 4 is 38.6 Å². The minimum atomic E-state index is -0.928. The third kappa shape index (κ3) is 2.81. The maximum Gasteiger partial charge on any atom is 0.161 e. The fourth-order valence-corrected chi connectivity index (χ4v) is 2.87. The summed E-state index contributed by atoms with van der Waals surface area (Å²) < 4.78 is 27.2. The maximum absolute atomic E-state index is 13.2. The van der Waals surface area contributed by atoms with E-state index < -0.39 is 11.6 Å². The average molecular weight is 333 g/mol. The molecule has 1 heterocycles. The molecule has 2 rings (SSSR count). The van der Waals surface area contributed by atoms with Crippen LogP contribution in [0.4, 0.5) is 20.2 Å². The van der Waals surface area contributed by atoms with Gasteiger partial charge in [-0.05, 0) is 32.9 Å². The van der Waals surface area contributed by atoms with E-state index in [4.69, 9.17) is 5.73 Å². The van der Waals surface area contributed by atoms with Crippen molar-refractivity contribution in [2.45, 2.75) is 6.54 Å². The summed E-state index contributed by atoms with van der Waals surface area (Å²) in [5.41, 5.74) is 7.49. The third-order valence-electron chi connectivity index (χ3n) is 2.52. The van der Waals surface area contributed by atoms with E-state index in [9.17, 15) is 8.78 Å². The Morgan fingerprint density at radius 1 is 1.28 bits per heavy atom. The lowest BCUT2D eigenvalue weighted by atomic mass is 10.2. The number of nitrogen functional groups attached to an aromatic ring is 1. The topological polar surface area (TPSA) is 29.3 Å². The molecule has 0 atom stereocenters. The minimum absolute atomic E-state index is 0.227. The molecule has 0 fully saturated rings. The molecule has 0 aliphatic heterocycles. The highest BCUT2D eigenvalue weighted by molar-refractivity contribution is 9.11. The first kappa shape index (κ1) is 13.3. The van der Waals surface area contributed by atoms with Gasteiger partial charge in [-0.3, -0.25) is 0 Å². The van der Waals surface area contributed by atoms with E-state index in [1.807, 2.05) is 11.4 Å². The second kappa shape index (κ2) is 5.24. The van der Waals surface area contributed by atoms with Gasteiger partial charge in [0.25, 0.3) is 0 Å². The normalized spacial score (nSPS) is 10.7. The number of nitrogens with two attached hydrogens (primary N) is 1. The highest BCUT2D eigenvalue weighted by atomic mass is 79.9. The van der Waals surface area contributed by atoms with Crippen LogP contribution in [0.5, 0.6) is 0 Å². The predicted octanol–water partition coefficient (Wildman–Crippen LogP) is 4.01. The average Bonchev–Trinajstić information content (AvgIpc) is 2.69. The molecule has 96 valence electrons. The molecule has 1 aromatic heterocycles. The van der Waals surface area contributed by atoms with Crippen LogP contribution in [0.1, 0.15) is 5.56 Å². The minimum Gasteiger partial charge on any atom is -0.397 e. The summed E-state index contributed by atoms with van der Waals surface area (Å²) in [6.45, 7) is 0.581. The molecule has 0 spiro atoms. The van der Waals surface area contributed by atoms with Crippen molar-refractivity contribution in [1.29, 1.82) is 0 Å². The van der Waals surface area contributed by atoms with Crippen LogP contribution in [0, 0.1) is 11.6 Å². The number of rotatable bonds is 3. The van der Waals surface area contributed by atoms with Crippen molar-refractivity contribution in [2.24, 2.45) is 0 Å². The van der Waals surface area contributed by atoms with Crippen molar-refractivity contribution < 1.29 is 8.78 Å². The van der Waals surface area contributed by atoms with Gasteiger partial charge in [-0.1, -0.05) is 0 Å². The largest absolute Gasteiger partial charge is 0.397 e. The predicted molar refractivity (Wildman–Crippen MR) is 74.9 cm³/mol. The van der Waals surface area contributed by atoms with Crippen LogP contribution in [-0.2, 0) is 6.54 Å². The van der Waals surface area contributed by atoms with E-state index in [1.54, 1.807) is 23.3 Å². The first-order chi connectivity index (χ1) is 8.47. The number of nitrogens with zero attached hydrogens (tertiary/aromatic N) is 1. The number of anilines is 2. The van der Waals surface area contributed by atoms with E-state index in [1.165, 1.54) is 0 Å². The SMILES string of the molecule is CN(Cc1csc(Br)c1)c1cc(F)c(F)cc1N. The number of benzene rings is 1. The first-order valence-corrected chi connectivity index (χ1v) is 6.83.